The molecule has 0 spiro atoms. The standard InChI is InChI=1S/C18H17.C9H13.C2H6Si.Zr/c1-12-10-13(2)18(14(3)11-12)17-9-8-15-6-4-5-7-16(15)17;1-6-5-7(2)9(4)8(6)3;1-3-2;/h4-11H,1-3H3;5H,1-4H3;1-2H3;/q2*-1;;+2. The molecule has 0 heterocycles. The zero-order valence-electron chi connectivity index (χ0n) is 20.7. The van der Waals surface area contributed by atoms with Crippen molar-refractivity contribution in [3.05, 3.63) is 93.5 Å². The molecule has 0 saturated heterocycles. The fourth-order valence-electron chi connectivity index (χ4n) is 4.11. The molecule has 2 heteroatoms. The average Bonchev–Trinajstić information content (AvgIpc) is 3.18. The van der Waals surface area contributed by atoms with Crippen LogP contribution < -0.4 is 0 Å². The first-order valence-electron chi connectivity index (χ1n) is 11.0. The van der Waals surface area contributed by atoms with E-state index in [0.29, 0.717) is 0 Å². The van der Waals surface area contributed by atoms with Gasteiger partial charge in [0.05, 0.1) is 0 Å². The van der Waals surface area contributed by atoms with Gasteiger partial charge in [0, 0.05) is 0 Å². The van der Waals surface area contributed by atoms with Gasteiger partial charge in [-0.3, -0.25) is 0 Å². The Labute approximate surface area is 204 Å². The van der Waals surface area contributed by atoms with Crippen LogP contribution >= 0.6 is 0 Å². The molecule has 0 radical (unpaired) electrons. The van der Waals surface area contributed by atoms with Crippen LogP contribution in [0.4, 0.5) is 0 Å². The molecule has 0 N–H and O–H groups in total. The van der Waals surface area contributed by atoms with E-state index in [9.17, 15) is 0 Å². The first-order valence-corrected chi connectivity index (χ1v) is 17.2. The van der Waals surface area contributed by atoms with Crippen molar-refractivity contribution in [3.63, 3.8) is 0 Å². The van der Waals surface area contributed by atoms with Gasteiger partial charge >= 0.3 is 41.9 Å². The van der Waals surface area contributed by atoms with E-state index < -0.39 is 0 Å². The number of benzene rings is 2. The first-order chi connectivity index (χ1) is 14.5. The van der Waals surface area contributed by atoms with Crippen molar-refractivity contribution in [2.75, 3.05) is 0 Å². The Bertz CT molecular complexity index is 1140. The molecule has 0 aliphatic carbocycles. The Morgan fingerprint density at radius 3 is 1.71 bits per heavy atom. The maximum atomic E-state index is 2.31. The summed E-state index contributed by atoms with van der Waals surface area (Å²) < 4.78 is 0. The summed E-state index contributed by atoms with van der Waals surface area (Å²) in [6.07, 6.45) is 0. The summed E-state index contributed by atoms with van der Waals surface area (Å²) in [5.41, 5.74) is 12.8. The molecule has 160 valence electrons. The summed E-state index contributed by atoms with van der Waals surface area (Å²) in [5, 5.41) is 2.68. The Morgan fingerprint density at radius 2 is 1.26 bits per heavy atom. The van der Waals surface area contributed by atoms with E-state index in [0.717, 1.165) is 0 Å². The first kappa shape index (κ1) is 25.8. The monoisotopic (exact) mass is 502 g/mol. The molecular weight excluding hydrogens is 468 g/mol. The minimum absolute atomic E-state index is 0.210. The van der Waals surface area contributed by atoms with E-state index in [1.54, 1.807) is 23.3 Å². The second-order valence-corrected chi connectivity index (χ2v) is 18.2. The van der Waals surface area contributed by atoms with Crippen LogP contribution in [0.5, 0.6) is 0 Å². The van der Waals surface area contributed by atoms with Gasteiger partial charge in [0.15, 0.2) is 0 Å². The zero-order valence-corrected chi connectivity index (χ0v) is 24.2. The number of hydrogen-bond acceptors (Lipinski definition) is 0. The Hall–Kier alpha value is -1.50. The summed E-state index contributed by atoms with van der Waals surface area (Å²) in [6, 6.07) is 19.8. The Kier molecular flexibility index (Phi) is 9.46. The van der Waals surface area contributed by atoms with Crippen molar-refractivity contribution in [1.82, 2.24) is 0 Å². The molecule has 0 nitrogen and oxygen atoms in total. The van der Waals surface area contributed by atoms with E-state index in [2.05, 4.69) is 116 Å². The van der Waals surface area contributed by atoms with Crippen molar-refractivity contribution < 1.29 is 23.3 Å². The molecule has 0 amide bonds. The van der Waals surface area contributed by atoms with Crippen molar-refractivity contribution >= 4 is 16.2 Å². The van der Waals surface area contributed by atoms with Gasteiger partial charge in [0.2, 0.25) is 0 Å². The molecule has 4 aromatic rings. The van der Waals surface area contributed by atoms with Crippen molar-refractivity contribution in [1.29, 1.82) is 0 Å². The van der Waals surface area contributed by atoms with Gasteiger partial charge in [0.25, 0.3) is 0 Å². The largest absolute Gasteiger partial charge is 0.196 e. The smallest absolute Gasteiger partial charge is 0.0398 e. The third kappa shape index (κ3) is 6.74. The van der Waals surface area contributed by atoms with Gasteiger partial charge in [-0.2, -0.15) is 28.3 Å². The molecule has 0 atom stereocenters. The van der Waals surface area contributed by atoms with E-state index in [4.69, 9.17) is 0 Å². The summed E-state index contributed by atoms with van der Waals surface area (Å²) in [4.78, 5) is 0. The minimum Gasteiger partial charge on any atom is -0.196 e. The van der Waals surface area contributed by atoms with Crippen LogP contribution in [-0.4, -0.2) is 5.43 Å². The number of fused-ring (bicyclic) bond motifs is 1. The fourth-order valence-corrected chi connectivity index (χ4v) is 4.11. The van der Waals surface area contributed by atoms with Crippen molar-refractivity contribution in [3.8, 4) is 11.1 Å². The molecule has 31 heavy (non-hydrogen) atoms. The minimum atomic E-state index is 0.210. The second-order valence-electron chi connectivity index (χ2n) is 8.87. The quantitative estimate of drug-likeness (QED) is 0.180. The van der Waals surface area contributed by atoms with E-state index >= 15 is 0 Å². The van der Waals surface area contributed by atoms with E-state index in [-0.39, 0.29) is 5.43 Å². The van der Waals surface area contributed by atoms with Crippen LogP contribution in [0, 0.1) is 48.5 Å². The molecule has 0 aliphatic heterocycles. The van der Waals surface area contributed by atoms with Crippen LogP contribution in [0.15, 0.2) is 54.6 Å². The Balaban J connectivity index is 0.000000220. The summed E-state index contributed by atoms with van der Waals surface area (Å²) in [6.45, 7) is 19.9. The van der Waals surface area contributed by atoms with E-state index in [1.807, 2.05) is 0 Å². The van der Waals surface area contributed by atoms with Gasteiger partial charge in [0.1, 0.15) is 0 Å². The third-order valence-electron chi connectivity index (χ3n) is 5.81. The van der Waals surface area contributed by atoms with Crippen LogP contribution in [0.2, 0.25) is 13.1 Å². The fraction of sp³-hybridized carbons (Fsp3) is 0.310. The van der Waals surface area contributed by atoms with Crippen LogP contribution in [-0.2, 0) is 23.3 Å². The molecule has 0 aliphatic rings. The second kappa shape index (κ2) is 11.4. The summed E-state index contributed by atoms with van der Waals surface area (Å²) in [7, 11) is 0. The molecule has 0 bridgehead atoms. The average molecular weight is 504 g/mol. The van der Waals surface area contributed by atoms with Gasteiger partial charge in [-0.05, 0) is 20.8 Å². The molecule has 0 aromatic heterocycles. The molecule has 0 unspecified atom stereocenters. The summed E-state index contributed by atoms with van der Waals surface area (Å²) >= 11 is 1.74. The predicted octanol–water partition coefficient (Wildman–Crippen LogP) is 8.57. The van der Waals surface area contributed by atoms with Crippen LogP contribution in [0.1, 0.15) is 38.9 Å². The molecule has 4 aromatic carbocycles. The van der Waals surface area contributed by atoms with Crippen molar-refractivity contribution in [2.24, 2.45) is 0 Å². The maximum absolute atomic E-state index is 2.31. The topological polar surface area (TPSA) is 0 Å². The molecule has 0 saturated carbocycles. The van der Waals surface area contributed by atoms with Gasteiger partial charge in [-0.15, -0.1) is 46.7 Å². The maximum Gasteiger partial charge on any atom is -0.0398 e. The molecular formula is C29H36SiZr. The molecule has 4 rings (SSSR count). The zero-order chi connectivity index (χ0) is 23.3. The normalized spacial score (nSPS) is 10.3. The Morgan fingerprint density at radius 1 is 0.774 bits per heavy atom. The number of hydrogen-bond donors (Lipinski definition) is 0. The third-order valence-corrected chi connectivity index (χ3v) is 5.81. The SMILES string of the molecule is C[Si](C)=[Zr+2].Cc1[cH-]c(C)c(C)c1C.Cc1cc(C)c(-c2c[cH-]c3ccccc23)c(C)c1. The van der Waals surface area contributed by atoms with Gasteiger partial charge in [-0.25, -0.2) is 0 Å². The van der Waals surface area contributed by atoms with Gasteiger partial charge in [-0.1, -0.05) is 68.1 Å². The van der Waals surface area contributed by atoms with E-state index in [1.165, 1.54) is 60.8 Å². The van der Waals surface area contributed by atoms with Crippen LogP contribution in [0.3, 0.4) is 0 Å². The van der Waals surface area contributed by atoms with Crippen LogP contribution in [0.25, 0.3) is 21.9 Å². The number of aryl methyl sites for hydroxylation is 5. The van der Waals surface area contributed by atoms with Gasteiger partial charge < -0.3 is 0 Å². The summed E-state index contributed by atoms with van der Waals surface area (Å²) in [5.74, 6) is 0. The predicted molar refractivity (Wildman–Crippen MR) is 138 cm³/mol. The van der Waals surface area contributed by atoms with Crippen molar-refractivity contribution in [2.45, 2.75) is 61.6 Å². The molecule has 0 fully saturated rings. The number of rotatable bonds is 1.